The van der Waals surface area contributed by atoms with Crippen LogP contribution in [-0.4, -0.2) is 37.2 Å². The minimum absolute atomic E-state index is 0.0850. The summed E-state index contributed by atoms with van der Waals surface area (Å²) in [6.07, 6.45) is 86.3. The third kappa shape index (κ3) is 60.6. The van der Waals surface area contributed by atoms with Crippen molar-refractivity contribution in [1.29, 1.82) is 0 Å². The van der Waals surface area contributed by atoms with Gasteiger partial charge in [-0.25, -0.2) is 0 Å². The molecular weight excluding hydrogens is 925 g/mol. The number of unbranched alkanes of at least 4 members (excludes halogenated alkanes) is 24. The molecule has 0 amide bonds. The predicted molar refractivity (Wildman–Crippen MR) is 325 cm³/mol. The fraction of sp³-hybridized carbons (Fsp3) is 0.667. The van der Waals surface area contributed by atoms with Crippen molar-refractivity contribution in [3.63, 3.8) is 0 Å². The molecule has 426 valence electrons. The summed E-state index contributed by atoms with van der Waals surface area (Å²) in [6.45, 7) is 6.39. The molecule has 1 unspecified atom stereocenters. The van der Waals surface area contributed by atoms with Crippen molar-refractivity contribution in [2.45, 2.75) is 284 Å². The van der Waals surface area contributed by atoms with Crippen LogP contribution in [0.2, 0.25) is 0 Å². The zero-order valence-electron chi connectivity index (χ0n) is 48.8. The Labute approximate surface area is 462 Å². The smallest absolute Gasteiger partial charge is 0.306 e. The molecule has 0 aromatic heterocycles. The highest BCUT2D eigenvalue weighted by atomic mass is 16.6. The van der Waals surface area contributed by atoms with E-state index in [2.05, 4.69) is 142 Å². The van der Waals surface area contributed by atoms with E-state index < -0.39 is 6.10 Å². The first-order valence-corrected chi connectivity index (χ1v) is 31.0. The highest BCUT2D eigenvalue weighted by Crippen LogP contribution is 2.15. The quantitative estimate of drug-likeness (QED) is 0.0261. The summed E-state index contributed by atoms with van der Waals surface area (Å²) in [5.74, 6) is -0.902. The van der Waals surface area contributed by atoms with Gasteiger partial charge in [0.05, 0.1) is 0 Å². The van der Waals surface area contributed by atoms with Crippen molar-refractivity contribution < 1.29 is 28.6 Å². The summed E-state index contributed by atoms with van der Waals surface area (Å²) < 4.78 is 16.9. The van der Waals surface area contributed by atoms with E-state index in [4.69, 9.17) is 14.2 Å². The Bertz CT molecular complexity index is 1570. The van der Waals surface area contributed by atoms with Crippen molar-refractivity contribution in [2.24, 2.45) is 0 Å². The third-order valence-corrected chi connectivity index (χ3v) is 13.0. The molecule has 0 fully saturated rings. The maximum Gasteiger partial charge on any atom is 0.306 e. The number of carbonyl (C=O) groups excluding carboxylic acids is 3. The first-order valence-electron chi connectivity index (χ1n) is 31.0. The Kier molecular flexibility index (Phi) is 58.9. The second-order valence-electron chi connectivity index (χ2n) is 20.2. The molecule has 0 saturated heterocycles. The highest BCUT2D eigenvalue weighted by molar-refractivity contribution is 5.71. The first-order chi connectivity index (χ1) is 37.0. The molecule has 6 nitrogen and oxygen atoms in total. The maximum absolute atomic E-state index is 12.9. The number of carbonyl (C=O) groups is 3. The van der Waals surface area contributed by atoms with Gasteiger partial charge in [-0.15, -0.1) is 0 Å². The Morgan fingerprint density at radius 1 is 0.280 bits per heavy atom. The number of hydrogen-bond donors (Lipinski definition) is 0. The monoisotopic (exact) mass is 1040 g/mol. The minimum atomic E-state index is -0.788. The minimum Gasteiger partial charge on any atom is -0.462 e. The van der Waals surface area contributed by atoms with Gasteiger partial charge in [-0.05, 0) is 109 Å². The zero-order valence-corrected chi connectivity index (χ0v) is 48.8. The molecule has 0 saturated carbocycles. The maximum atomic E-state index is 12.9. The molecule has 1 atom stereocenters. The molecular formula is C69H114O6. The molecule has 0 aliphatic carbocycles. The standard InChI is InChI=1S/C69H114O6/c1-4-7-10-13-16-19-21-23-25-27-29-31-33-34-36-37-39-41-43-45-47-50-53-56-59-62-68(71)74-65-66(64-73-67(70)61-58-55-52-49-18-15-12-9-6-3)75-69(72)63-60-57-54-51-48-46-44-42-40-38-35-32-30-28-26-24-22-20-17-14-11-8-5-2/h7-8,10-11,16-17,19-20,23-26,29-32,34,36,38,40,66H,4-6,9,12-15,18,21-22,27-28,33,35,37,39,41-65H2,1-3H3/b10-7-,11-8-,19-16-,20-17-,25-23-,26-24-,31-29-,32-30-,36-34-,40-38-. The molecule has 0 rings (SSSR count). The molecule has 6 heteroatoms. The second kappa shape index (κ2) is 62.4. The van der Waals surface area contributed by atoms with Crippen molar-refractivity contribution in [3.05, 3.63) is 122 Å². The number of allylic oxidation sites excluding steroid dienone is 20. The topological polar surface area (TPSA) is 78.9 Å². The largest absolute Gasteiger partial charge is 0.462 e. The lowest BCUT2D eigenvalue weighted by atomic mass is 10.1. The van der Waals surface area contributed by atoms with E-state index >= 15 is 0 Å². The molecule has 0 aromatic carbocycles. The van der Waals surface area contributed by atoms with E-state index in [0.29, 0.717) is 19.3 Å². The molecule has 0 spiro atoms. The van der Waals surface area contributed by atoms with Gasteiger partial charge in [0.25, 0.3) is 0 Å². The van der Waals surface area contributed by atoms with Crippen LogP contribution in [0.15, 0.2) is 122 Å². The molecule has 0 aliphatic rings. The van der Waals surface area contributed by atoms with Gasteiger partial charge in [-0.1, -0.05) is 271 Å². The lowest BCUT2D eigenvalue weighted by Gasteiger charge is -2.18. The van der Waals surface area contributed by atoms with E-state index in [1.807, 2.05) is 0 Å². The van der Waals surface area contributed by atoms with Gasteiger partial charge in [-0.3, -0.25) is 14.4 Å². The average molecular weight is 1040 g/mol. The van der Waals surface area contributed by atoms with Crippen molar-refractivity contribution >= 4 is 17.9 Å². The number of ether oxygens (including phenoxy) is 3. The van der Waals surface area contributed by atoms with Crippen LogP contribution >= 0.6 is 0 Å². The van der Waals surface area contributed by atoms with E-state index in [-0.39, 0.29) is 31.1 Å². The van der Waals surface area contributed by atoms with Gasteiger partial charge in [0.2, 0.25) is 0 Å². The summed E-state index contributed by atoms with van der Waals surface area (Å²) in [4.78, 5) is 38.2. The lowest BCUT2D eigenvalue weighted by molar-refractivity contribution is -0.167. The summed E-state index contributed by atoms with van der Waals surface area (Å²) >= 11 is 0. The van der Waals surface area contributed by atoms with Gasteiger partial charge in [-0.2, -0.15) is 0 Å². The van der Waals surface area contributed by atoms with Crippen LogP contribution in [0.1, 0.15) is 278 Å². The summed E-state index contributed by atoms with van der Waals surface area (Å²) in [5.41, 5.74) is 0. The van der Waals surface area contributed by atoms with Gasteiger partial charge in [0, 0.05) is 19.3 Å². The van der Waals surface area contributed by atoms with Gasteiger partial charge >= 0.3 is 17.9 Å². The van der Waals surface area contributed by atoms with Crippen LogP contribution < -0.4 is 0 Å². The van der Waals surface area contributed by atoms with E-state index in [9.17, 15) is 14.4 Å². The SMILES string of the molecule is CC/C=C\C/C=C\C/C=C\C/C=C\C/C=C\CCCCCCCCCCCC(=O)OCC(COC(=O)CCCCCCCCCCC)OC(=O)CCCCCCCCC/C=C\C/C=C\C/C=C\C/C=C\C/C=C\CC. The van der Waals surface area contributed by atoms with E-state index in [1.54, 1.807) is 0 Å². The molecule has 0 radical (unpaired) electrons. The Morgan fingerprint density at radius 2 is 0.520 bits per heavy atom. The van der Waals surface area contributed by atoms with E-state index in [0.717, 1.165) is 135 Å². The fourth-order valence-corrected chi connectivity index (χ4v) is 8.38. The van der Waals surface area contributed by atoms with Crippen LogP contribution in [0.25, 0.3) is 0 Å². The number of rotatable bonds is 55. The van der Waals surface area contributed by atoms with Crippen LogP contribution in [0.5, 0.6) is 0 Å². The van der Waals surface area contributed by atoms with E-state index in [1.165, 1.54) is 103 Å². The molecule has 0 heterocycles. The average Bonchev–Trinajstić information content (AvgIpc) is 3.41. The first kappa shape index (κ1) is 70.8. The van der Waals surface area contributed by atoms with Gasteiger partial charge in [0.1, 0.15) is 13.2 Å². The Morgan fingerprint density at radius 3 is 0.813 bits per heavy atom. The second-order valence-corrected chi connectivity index (χ2v) is 20.2. The summed E-state index contributed by atoms with van der Waals surface area (Å²) in [7, 11) is 0. The van der Waals surface area contributed by atoms with Crippen LogP contribution in [0, 0.1) is 0 Å². The molecule has 0 N–H and O–H groups in total. The highest BCUT2D eigenvalue weighted by Gasteiger charge is 2.19. The molecule has 0 bridgehead atoms. The van der Waals surface area contributed by atoms with Crippen LogP contribution in [-0.2, 0) is 28.6 Å². The summed E-state index contributed by atoms with van der Waals surface area (Å²) in [6, 6.07) is 0. The Balaban J connectivity index is 4.29. The third-order valence-electron chi connectivity index (χ3n) is 13.0. The van der Waals surface area contributed by atoms with Crippen molar-refractivity contribution in [1.82, 2.24) is 0 Å². The molecule has 0 aromatic rings. The lowest BCUT2D eigenvalue weighted by Crippen LogP contribution is -2.30. The zero-order chi connectivity index (χ0) is 54.3. The fourth-order valence-electron chi connectivity index (χ4n) is 8.38. The van der Waals surface area contributed by atoms with Crippen LogP contribution in [0.3, 0.4) is 0 Å². The number of esters is 3. The van der Waals surface area contributed by atoms with Gasteiger partial charge < -0.3 is 14.2 Å². The predicted octanol–water partition coefficient (Wildman–Crippen LogP) is 21.2. The molecule has 75 heavy (non-hydrogen) atoms. The van der Waals surface area contributed by atoms with Crippen molar-refractivity contribution in [3.8, 4) is 0 Å². The molecule has 0 aliphatic heterocycles. The Hall–Kier alpha value is -4.19. The van der Waals surface area contributed by atoms with Crippen LogP contribution in [0.4, 0.5) is 0 Å². The van der Waals surface area contributed by atoms with Crippen molar-refractivity contribution in [2.75, 3.05) is 13.2 Å². The number of hydrogen-bond acceptors (Lipinski definition) is 6. The summed E-state index contributed by atoms with van der Waals surface area (Å²) in [5, 5.41) is 0. The normalized spacial score (nSPS) is 12.9. The van der Waals surface area contributed by atoms with Gasteiger partial charge in [0.15, 0.2) is 6.10 Å².